The molecule has 1 aromatic heterocycles. The lowest BCUT2D eigenvalue weighted by Crippen LogP contribution is -2.30. The number of aromatic hydroxyl groups is 1. The van der Waals surface area contributed by atoms with Crippen LogP contribution in [0.3, 0.4) is 0 Å². The number of carbonyl (C=O) groups is 1. The molecule has 132 valence electrons. The summed E-state index contributed by atoms with van der Waals surface area (Å²) in [5, 5.41) is 15.4. The first kappa shape index (κ1) is 18.2. The maximum absolute atomic E-state index is 12.2. The van der Waals surface area contributed by atoms with Gasteiger partial charge in [-0.1, -0.05) is 12.1 Å². The molecule has 4 N–H and O–H groups in total. The first-order chi connectivity index (χ1) is 12.4. The Balaban J connectivity index is 2.00. The molecule has 2 amide bonds. The predicted octanol–water partition coefficient (Wildman–Crippen LogP) is 3.76. The molecule has 7 nitrogen and oxygen atoms in total. The lowest BCUT2D eigenvalue weighted by Gasteiger charge is -2.08. The van der Waals surface area contributed by atoms with Crippen molar-refractivity contribution < 1.29 is 9.90 Å². The van der Waals surface area contributed by atoms with E-state index in [4.69, 9.17) is 0 Å². The van der Waals surface area contributed by atoms with Gasteiger partial charge in [0.2, 0.25) is 0 Å². The second kappa shape index (κ2) is 7.30. The van der Waals surface area contributed by atoms with E-state index in [1.54, 1.807) is 36.4 Å². The van der Waals surface area contributed by atoms with Crippen molar-refractivity contribution in [1.29, 1.82) is 0 Å². The molecule has 3 rings (SSSR count). The molecule has 2 aromatic carbocycles. The summed E-state index contributed by atoms with van der Waals surface area (Å²) in [6, 6.07) is 10.6. The summed E-state index contributed by atoms with van der Waals surface area (Å²) in [5.74, 6) is -0.490. The van der Waals surface area contributed by atoms with E-state index in [1.807, 2.05) is 0 Å². The van der Waals surface area contributed by atoms with Gasteiger partial charge >= 0.3 is 6.03 Å². The highest BCUT2D eigenvalue weighted by molar-refractivity contribution is 9.13. The standard InChI is InChI=1S/C17H11Br2N3O4/c18-10-6-5-8(7-11(10)19)20-17(26)22-13-14(23)9-3-1-2-4-12(9)21-16(25)15(13)24/h1-7H,(H4,20,21,22,23,24,25,26). The van der Waals surface area contributed by atoms with Crippen LogP contribution in [0.2, 0.25) is 0 Å². The molecule has 0 aliphatic carbocycles. The molecule has 0 fully saturated rings. The van der Waals surface area contributed by atoms with Crippen molar-refractivity contribution in [1.82, 2.24) is 4.98 Å². The first-order valence-electron chi connectivity index (χ1n) is 7.28. The van der Waals surface area contributed by atoms with Gasteiger partial charge in [-0.2, -0.15) is 0 Å². The van der Waals surface area contributed by atoms with Crippen molar-refractivity contribution >= 4 is 60.2 Å². The third-order valence-electron chi connectivity index (χ3n) is 3.52. The summed E-state index contributed by atoms with van der Waals surface area (Å²) in [7, 11) is 0. The zero-order chi connectivity index (χ0) is 18.8. The van der Waals surface area contributed by atoms with Crippen LogP contribution in [0, 0.1) is 0 Å². The molecule has 0 saturated carbocycles. The van der Waals surface area contributed by atoms with E-state index >= 15 is 0 Å². The Morgan fingerprint density at radius 3 is 2.46 bits per heavy atom. The van der Waals surface area contributed by atoms with Crippen LogP contribution >= 0.6 is 31.9 Å². The zero-order valence-corrected chi connectivity index (χ0v) is 16.1. The van der Waals surface area contributed by atoms with E-state index in [0.717, 1.165) is 8.95 Å². The van der Waals surface area contributed by atoms with Gasteiger partial charge in [0.15, 0.2) is 5.75 Å². The quantitative estimate of drug-likeness (QED) is 0.418. The number of fused-ring (bicyclic) bond motifs is 1. The van der Waals surface area contributed by atoms with Gasteiger partial charge in [-0.15, -0.1) is 0 Å². The van der Waals surface area contributed by atoms with Gasteiger partial charge in [0.05, 0.1) is 5.52 Å². The number of aromatic nitrogens is 1. The van der Waals surface area contributed by atoms with Crippen LogP contribution in [0.1, 0.15) is 0 Å². The molecule has 0 radical (unpaired) electrons. The highest BCUT2D eigenvalue weighted by atomic mass is 79.9. The number of halogens is 2. The number of hydrogen-bond donors (Lipinski definition) is 4. The number of hydrogen-bond acceptors (Lipinski definition) is 4. The van der Waals surface area contributed by atoms with E-state index in [0.29, 0.717) is 5.69 Å². The van der Waals surface area contributed by atoms with Crippen molar-refractivity contribution in [2.24, 2.45) is 0 Å². The van der Waals surface area contributed by atoms with Gasteiger partial charge in [-0.05, 0) is 62.2 Å². The Bertz CT molecular complexity index is 1140. The maximum atomic E-state index is 12.2. The van der Waals surface area contributed by atoms with E-state index in [-0.39, 0.29) is 10.9 Å². The monoisotopic (exact) mass is 479 g/mol. The SMILES string of the molecule is O=C(Nc1ccc(Br)c(Br)c1)Nc1c(O)c2ccccc2[nH]c(=O)c1=O. The number of carbonyl (C=O) groups excluding carboxylic acids is 1. The summed E-state index contributed by atoms with van der Waals surface area (Å²) in [5.41, 5.74) is -1.78. The van der Waals surface area contributed by atoms with Crippen molar-refractivity contribution in [2.75, 3.05) is 10.6 Å². The highest BCUT2D eigenvalue weighted by Gasteiger charge is 2.15. The number of amides is 2. The van der Waals surface area contributed by atoms with Crippen LogP contribution in [0.15, 0.2) is 61.0 Å². The molecule has 0 unspecified atom stereocenters. The van der Waals surface area contributed by atoms with Gasteiger partial charge in [0.1, 0.15) is 5.69 Å². The Hall–Kier alpha value is -2.65. The first-order valence-corrected chi connectivity index (χ1v) is 8.87. The number of nitrogens with one attached hydrogen (secondary N) is 3. The van der Waals surface area contributed by atoms with Crippen molar-refractivity contribution in [3.05, 3.63) is 72.0 Å². The van der Waals surface area contributed by atoms with Gasteiger partial charge in [0.25, 0.3) is 11.0 Å². The molecular formula is C17H11Br2N3O4. The van der Waals surface area contributed by atoms with Gasteiger partial charge in [-0.3, -0.25) is 9.59 Å². The van der Waals surface area contributed by atoms with Crippen molar-refractivity contribution in [3.8, 4) is 5.75 Å². The number of anilines is 2. The minimum Gasteiger partial charge on any atom is -0.505 e. The van der Waals surface area contributed by atoms with E-state index < -0.39 is 28.5 Å². The number of H-pyrrole nitrogens is 1. The Morgan fingerprint density at radius 1 is 1.00 bits per heavy atom. The average Bonchev–Trinajstić information content (AvgIpc) is 2.69. The van der Waals surface area contributed by atoms with Crippen LogP contribution in [0.4, 0.5) is 16.2 Å². The molecule has 0 bridgehead atoms. The molecule has 0 spiro atoms. The van der Waals surface area contributed by atoms with E-state index in [1.165, 1.54) is 6.07 Å². The Labute approximate surface area is 163 Å². The summed E-state index contributed by atoms with van der Waals surface area (Å²) in [6.07, 6.45) is 0. The highest BCUT2D eigenvalue weighted by Crippen LogP contribution is 2.28. The van der Waals surface area contributed by atoms with Crippen LogP contribution in [0.5, 0.6) is 5.75 Å². The Kier molecular flexibility index (Phi) is 5.10. The number of urea groups is 1. The summed E-state index contributed by atoms with van der Waals surface area (Å²) >= 11 is 6.63. The largest absolute Gasteiger partial charge is 0.505 e. The lowest BCUT2D eigenvalue weighted by molar-refractivity contribution is 0.262. The molecule has 26 heavy (non-hydrogen) atoms. The lowest BCUT2D eigenvalue weighted by atomic mass is 10.2. The summed E-state index contributed by atoms with van der Waals surface area (Å²) < 4.78 is 1.52. The molecule has 0 saturated heterocycles. The number of benzene rings is 2. The van der Waals surface area contributed by atoms with Crippen LogP contribution < -0.4 is 21.6 Å². The normalized spacial score (nSPS) is 10.5. The second-order valence-electron chi connectivity index (χ2n) is 5.26. The number of para-hydroxylation sites is 1. The third-order valence-corrected chi connectivity index (χ3v) is 5.40. The van der Waals surface area contributed by atoms with Crippen LogP contribution in [0.25, 0.3) is 10.9 Å². The topological polar surface area (TPSA) is 111 Å². The smallest absolute Gasteiger partial charge is 0.323 e. The fraction of sp³-hybridized carbons (Fsp3) is 0. The summed E-state index contributed by atoms with van der Waals surface area (Å²) in [4.78, 5) is 38.8. The molecule has 3 aromatic rings. The predicted molar refractivity (Wildman–Crippen MR) is 107 cm³/mol. The van der Waals surface area contributed by atoms with Gasteiger partial charge in [0, 0.05) is 20.0 Å². The molecule has 0 atom stereocenters. The minimum atomic E-state index is -1.05. The average molecular weight is 481 g/mol. The van der Waals surface area contributed by atoms with Crippen molar-refractivity contribution in [3.63, 3.8) is 0 Å². The fourth-order valence-electron chi connectivity index (χ4n) is 2.30. The molecule has 1 heterocycles. The van der Waals surface area contributed by atoms with Gasteiger partial charge in [-0.25, -0.2) is 4.79 Å². The molecular weight excluding hydrogens is 470 g/mol. The van der Waals surface area contributed by atoms with Crippen molar-refractivity contribution in [2.45, 2.75) is 0 Å². The third kappa shape index (κ3) is 3.63. The van der Waals surface area contributed by atoms with Gasteiger partial charge < -0.3 is 20.7 Å². The van der Waals surface area contributed by atoms with Crippen LogP contribution in [-0.2, 0) is 0 Å². The fourth-order valence-corrected chi connectivity index (χ4v) is 2.92. The second-order valence-corrected chi connectivity index (χ2v) is 6.97. The van der Waals surface area contributed by atoms with E-state index in [2.05, 4.69) is 47.5 Å². The minimum absolute atomic E-state index is 0.230. The Morgan fingerprint density at radius 2 is 1.73 bits per heavy atom. The van der Waals surface area contributed by atoms with Crippen LogP contribution in [-0.4, -0.2) is 16.1 Å². The van der Waals surface area contributed by atoms with E-state index in [9.17, 15) is 19.5 Å². The number of aromatic amines is 1. The zero-order valence-electron chi connectivity index (χ0n) is 13.0. The number of rotatable bonds is 2. The molecule has 0 aliphatic rings. The maximum Gasteiger partial charge on any atom is 0.323 e. The molecule has 9 heteroatoms. The summed E-state index contributed by atoms with van der Waals surface area (Å²) in [6.45, 7) is 0. The molecule has 0 aliphatic heterocycles.